The molecule has 0 atom stereocenters. The molecule has 0 unspecified atom stereocenters. The molecule has 0 saturated carbocycles. The average Bonchev–Trinajstić information content (AvgIpc) is 2.85. The molecule has 0 aliphatic rings. The standard InChI is InChI=1S/C13H7ClF3N3/c14-11-6-18-2-1-8(11)9-3-7(13(15,16)17)4-12-10(9)5-19-20-12/h1-6H,(H,19,20). The van der Waals surface area contributed by atoms with Crippen molar-refractivity contribution in [2.75, 3.05) is 0 Å². The minimum atomic E-state index is -4.44. The van der Waals surface area contributed by atoms with Gasteiger partial charge in [0.15, 0.2) is 0 Å². The number of H-pyrrole nitrogens is 1. The maximum absolute atomic E-state index is 12.9. The number of nitrogens with one attached hydrogen (secondary N) is 1. The molecule has 3 aromatic rings. The Morgan fingerprint density at radius 3 is 2.60 bits per heavy atom. The van der Waals surface area contributed by atoms with Crippen LogP contribution in [0.25, 0.3) is 22.0 Å². The monoisotopic (exact) mass is 297 g/mol. The van der Waals surface area contributed by atoms with Gasteiger partial charge in [0.05, 0.1) is 22.3 Å². The second kappa shape index (κ2) is 4.49. The first-order valence-electron chi connectivity index (χ1n) is 5.61. The van der Waals surface area contributed by atoms with Crippen LogP contribution in [0, 0.1) is 0 Å². The van der Waals surface area contributed by atoms with Crippen LogP contribution in [0.3, 0.4) is 0 Å². The molecule has 0 aliphatic heterocycles. The van der Waals surface area contributed by atoms with E-state index in [0.29, 0.717) is 22.0 Å². The predicted molar refractivity (Wildman–Crippen MR) is 69.3 cm³/mol. The van der Waals surface area contributed by atoms with E-state index in [2.05, 4.69) is 15.2 Å². The molecule has 0 fully saturated rings. The van der Waals surface area contributed by atoms with Gasteiger partial charge in [-0.25, -0.2) is 0 Å². The van der Waals surface area contributed by atoms with Gasteiger partial charge in [0.25, 0.3) is 0 Å². The minimum Gasteiger partial charge on any atom is -0.278 e. The van der Waals surface area contributed by atoms with Gasteiger partial charge in [0.1, 0.15) is 0 Å². The fourth-order valence-corrected chi connectivity index (χ4v) is 2.25. The zero-order valence-corrected chi connectivity index (χ0v) is 10.6. The van der Waals surface area contributed by atoms with E-state index in [1.807, 2.05) is 0 Å². The molecule has 0 spiro atoms. The third kappa shape index (κ3) is 2.12. The molecule has 2 aromatic heterocycles. The number of rotatable bonds is 1. The maximum atomic E-state index is 12.9. The van der Waals surface area contributed by atoms with Gasteiger partial charge in [-0.3, -0.25) is 10.1 Å². The average molecular weight is 298 g/mol. The summed E-state index contributed by atoms with van der Waals surface area (Å²) in [6.07, 6.45) is -0.0917. The van der Waals surface area contributed by atoms with Crippen molar-refractivity contribution in [3.05, 3.63) is 47.4 Å². The summed E-state index contributed by atoms with van der Waals surface area (Å²) in [7, 11) is 0. The summed E-state index contributed by atoms with van der Waals surface area (Å²) in [5.74, 6) is 0. The molecule has 0 aliphatic carbocycles. The highest BCUT2D eigenvalue weighted by atomic mass is 35.5. The van der Waals surface area contributed by atoms with Crippen LogP contribution in [0.1, 0.15) is 5.56 Å². The number of fused-ring (bicyclic) bond motifs is 1. The van der Waals surface area contributed by atoms with Crippen LogP contribution in [0.15, 0.2) is 36.8 Å². The third-order valence-corrected chi connectivity index (χ3v) is 3.25. The summed E-state index contributed by atoms with van der Waals surface area (Å²) in [5.41, 5.74) is 0.412. The number of aromatic nitrogens is 3. The lowest BCUT2D eigenvalue weighted by atomic mass is 10.00. The van der Waals surface area contributed by atoms with Crippen molar-refractivity contribution < 1.29 is 13.2 Å². The summed E-state index contributed by atoms with van der Waals surface area (Å²) in [6.45, 7) is 0. The highest BCUT2D eigenvalue weighted by molar-refractivity contribution is 6.33. The fraction of sp³-hybridized carbons (Fsp3) is 0.0769. The van der Waals surface area contributed by atoms with E-state index in [4.69, 9.17) is 11.6 Å². The molecule has 2 heterocycles. The van der Waals surface area contributed by atoms with Crippen LogP contribution < -0.4 is 0 Å². The first-order chi connectivity index (χ1) is 9.47. The van der Waals surface area contributed by atoms with E-state index in [1.165, 1.54) is 18.6 Å². The maximum Gasteiger partial charge on any atom is 0.416 e. The Morgan fingerprint density at radius 1 is 1.10 bits per heavy atom. The molecule has 3 rings (SSSR count). The van der Waals surface area contributed by atoms with Gasteiger partial charge >= 0.3 is 6.18 Å². The molecule has 0 bridgehead atoms. The van der Waals surface area contributed by atoms with Crippen molar-refractivity contribution in [2.24, 2.45) is 0 Å². The molecule has 1 N–H and O–H groups in total. The number of aromatic amines is 1. The lowest BCUT2D eigenvalue weighted by Crippen LogP contribution is -2.05. The summed E-state index contributed by atoms with van der Waals surface area (Å²) < 4.78 is 38.8. The molecule has 3 nitrogen and oxygen atoms in total. The van der Waals surface area contributed by atoms with Crippen LogP contribution in [0.4, 0.5) is 13.2 Å². The molecule has 1 aromatic carbocycles. The van der Waals surface area contributed by atoms with Crippen LogP contribution in [-0.4, -0.2) is 15.2 Å². The number of pyridine rings is 1. The zero-order valence-electron chi connectivity index (χ0n) is 9.87. The molecule has 7 heteroatoms. The predicted octanol–water partition coefficient (Wildman–Crippen LogP) is 4.30. The Balaban J connectivity index is 2.34. The first kappa shape index (κ1) is 12.9. The van der Waals surface area contributed by atoms with Crippen LogP contribution in [0.2, 0.25) is 5.02 Å². The van der Waals surface area contributed by atoms with Crippen molar-refractivity contribution in [1.82, 2.24) is 15.2 Å². The smallest absolute Gasteiger partial charge is 0.278 e. The second-order valence-electron chi connectivity index (χ2n) is 4.21. The molecule has 102 valence electrons. The second-order valence-corrected chi connectivity index (χ2v) is 4.62. The Kier molecular flexibility index (Phi) is 2.90. The van der Waals surface area contributed by atoms with Crippen molar-refractivity contribution in [2.45, 2.75) is 6.18 Å². The summed E-state index contributed by atoms with van der Waals surface area (Å²) >= 11 is 6.02. The zero-order chi connectivity index (χ0) is 14.3. The number of benzene rings is 1. The van der Waals surface area contributed by atoms with Gasteiger partial charge in [-0.1, -0.05) is 11.6 Å². The summed E-state index contributed by atoms with van der Waals surface area (Å²) in [6, 6.07) is 3.67. The molecular weight excluding hydrogens is 291 g/mol. The summed E-state index contributed by atoms with van der Waals surface area (Å²) in [4.78, 5) is 3.83. The van der Waals surface area contributed by atoms with Crippen LogP contribution >= 0.6 is 11.6 Å². The number of hydrogen-bond acceptors (Lipinski definition) is 2. The van der Waals surface area contributed by atoms with Crippen molar-refractivity contribution in [3.63, 3.8) is 0 Å². The topological polar surface area (TPSA) is 41.6 Å². The van der Waals surface area contributed by atoms with Crippen molar-refractivity contribution >= 4 is 22.5 Å². The van der Waals surface area contributed by atoms with E-state index < -0.39 is 11.7 Å². The Bertz CT molecular complexity index is 780. The quantitative estimate of drug-likeness (QED) is 0.727. The molecular formula is C13H7ClF3N3. The lowest BCUT2D eigenvalue weighted by Gasteiger charge is -2.11. The molecule has 0 amide bonds. The number of halogens is 4. The van der Waals surface area contributed by atoms with Crippen LogP contribution in [-0.2, 0) is 6.18 Å². The van der Waals surface area contributed by atoms with E-state index in [0.717, 1.165) is 12.1 Å². The first-order valence-corrected chi connectivity index (χ1v) is 5.99. The van der Waals surface area contributed by atoms with E-state index in [9.17, 15) is 13.2 Å². The van der Waals surface area contributed by atoms with Gasteiger partial charge in [-0.05, 0) is 23.8 Å². The summed E-state index contributed by atoms with van der Waals surface area (Å²) in [5, 5.41) is 7.20. The van der Waals surface area contributed by atoms with Crippen LogP contribution in [0.5, 0.6) is 0 Å². The minimum absolute atomic E-state index is 0.286. The Labute approximate surface area is 116 Å². The van der Waals surface area contributed by atoms with Gasteiger partial charge in [0, 0.05) is 23.3 Å². The van der Waals surface area contributed by atoms with E-state index >= 15 is 0 Å². The normalized spacial score (nSPS) is 12.0. The van der Waals surface area contributed by atoms with Crippen molar-refractivity contribution in [3.8, 4) is 11.1 Å². The molecule has 0 radical (unpaired) electrons. The van der Waals surface area contributed by atoms with E-state index in [-0.39, 0.29) is 5.02 Å². The SMILES string of the molecule is FC(F)(F)c1cc(-c2ccncc2Cl)c2cn[nH]c2c1. The number of alkyl halides is 3. The Morgan fingerprint density at radius 2 is 1.90 bits per heavy atom. The third-order valence-electron chi connectivity index (χ3n) is 2.95. The van der Waals surface area contributed by atoms with Gasteiger partial charge < -0.3 is 0 Å². The molecule has 0 saturated heterocycles. The van der Waals surface area contributed by atoms with Crippen molar-refractivity contribution in [1.29, 1.82) is 0 Å². The van der Waals surface area contributed by atoms with E-state index in [1.54, 1.807) is 6.07 Å². The van der Waals surface area contributed by atoms with Gasteiger partial charge in [-0.15, -0.1) is 0 Å². The van der Waals surface area contributed by atoms with Gasteiger partial charge in [0.2, 0.25) is 0 Å². The number of hydrogen-bond donors (Lipinski definition) is 1. The fourth-order valence-electron chi connectivity index (χ4n) is 2.03. The highest BCUT2D eigenvalue weighted by Crippen LogP contribution is 2.38. The number of nitrogens with zero attached hydrogens (tertiary/aromatic N) is 2. The Hall–Kier alpha value is -2.08. The largest absolute Gasteiger partial charge is 0.416 e. The van der Waals surface area contributed by atoms with Gasteiger partial charge in [-0.2, -0.15) is 18.3 Å². The molecule has 20 heavy (non-hydrogen) atoms. The lowest BCUT2D eigenvalue weighted by molar-refractivity contribution is -0.137. The highest BCUT2D eigenvalue weighted by Gasteiger charge is 2.32.